The lowest BCUT2D eigenvalue weighted by Gasteiger charge is -2.21. The number of rotatable bonds is 73. The number of esters is 4. The number of aliphatic hydroxyl groups is 1. The standard InChI is InChI=1S/C73H142O17P2/c1-6-9-12-15-18-21-22-23-24-25-26-27-28-33-36-39-44-49-54-59-73(78)90-69(63-84-71(76)57-52-47-43-38-35-32-30-29-31-34-37-40-45-50-55-66(4)5)65-88-92(81,82)86-61-67(74)60-85-91(79,80)87-64-68(89-72(77)58-53-48-42-20-17-14-11-8-3)62-83-70(75)56-51-46-41-19-16-13-10-7-2/h66-69,74H,6-65H2,1-5H3,(H,79,80)(H,81,82)/t67-,68+,69+/m0/s1. The number of carbonyl (C=O) groups excluding carboxylic acids is 4. The highest BCUT2D eigenvalue weighted by Gasteiger charge is 2.30. The summed E-state index contributed by atoms with van der Waals surface area (Å²) in [6, 6.07) is 0. The van der Waals surface area contributed by atoms with Gasteiger partial charge in [-0.3, -0.25) is 37.3 Å². The molecule has 0 aliphatic carbocycles. The number of phosphoric ester groups is 2. The number of phosphoric acid groups is 2. The summed E-state index contributed by atoms with van der Waals surface area (Å²) in [5.41, 5.74) is 0. The minimum absolute atomic E-state index is 0.105. The van der Waals surface area contributed by atoms with Gasteiger partial charge < -0.3 is 33.8 Å². The van der Waals surface area contributed by atoms with Crippen LogP contribution in [0.3, 0.4) is 0 Å². The lowest BCUT2D eigenvalue weighted by molar-refractivity contribution is -0.161. The van der Waals surface area contributed by atoms with Crippen molar-refractivity contribution < 1.29 is 80.2 Å². The quantitative estimate of drug-likeness (QED) is 0.0222. The van der Waals surface area contributed by atoms with Crippen molar-refractivity contribution in [1.82, 2.24) is 0 Å². The first kappa shape index (κ1) is 90.1. The number of unbranched alkanes of at least 4 members (excludes halogenated alkanes) is 45. The number of aliphatic hydroxyl groups excluding tert-OH is 1. The van der Waals surface area contributed by atoms with Crippen molar-refractivity contribution >= 4 is 39.5 Å². The zero-order valence-corrected chi connectivity index (χ0v) is 61.5. The van der Waals surface area contributed by atoms with E-state index >= 15 is 0 Å². The number of ether oxygens (including phenoxy) is 4. The molecule has 0 aromatic heterocycles. The summed E-state index contributed by atoms with van der Waals surface area (Å²) in [6.45, 7) is 7.24. The van der Waals surface area contributed by atoms with Gasteiger partial charge in [0.2, 0.25) is 0 Å². The Kier molecular flexibility index (Phi) is 64.9. The molecule has 0 aliphatic rings. The first-order valence-electron chi connectivity index (χ1n) is 38.1. The van der Waals surface area contributed by atoms with Crippen molar-refractivity contribution in [3.8, 4) is 0 Å². The molecule has 0 aromatic rings. The molecule has 0 amide bonds. The first-order valence-corrected chi connectivity index (χ1v) is 41.1. The van der Waals surface area contributed by atoms with Crippen molar-refractivity contribution in [1.29, 1.82) is 0 Å². The van der Waals surface area contributed by atoms with Gasteiger partial charge in [0.1, 0.15) is 19.3 Å². The minimum atomic E-state index is -4.95. The fourth-order valence-electron chi connectivity index (χ4n) is 11.2. The average molecular weight is 1350 g/mol. The summed E-state index contributed by atoms with van der Waals surface area (Å²) in [5.74, 6) is -1.32. The Labute approximate surface area is 562 Å². The predicted molar refractivity (Wildman–Crippen MR) is 372 cm³/mol. The Morgan fingerprint density at radius 1 is 0.293 bits per heavy atom. The van der Waals surface area contributed by atoms with Crippen LogP contribution in [0.1, 0.15) is 381 Å². The van der Waals surface area contributed by atoms with Crippen molar-refractivity contribution in [2.75, 3.05) is 39.6 Å². The van der Waals surface area contributed by atoms with Crippen LogP contribution in [0.2, 0.25) is 0 Å². The summed E-state index contributed by atoms with van der Waals surface area (Å²) in [7, 11) is -9.89. The number of hydrogen-bond acceptors (Lipinski definition) is 15. The monoisotopic (exact) mass is 1350 g/mol. The fraction of sp³-hybridized carbons (Fsp3) is 0.945. The summed E-state index contributed by atoms with van der Waals surface area (Å²) in [5, 5.41) is 10.6. The lowest BCUT2D eigenvalue weighted by Crippen LogP contribution is -2.30. The highest BCUT2D eigenvalue weighted by Crippen LogP contribution is 2.45. The predicted octanol–water partition coefficient (Wildman–Crippen LogP) is 21.3. The third-order valence-electron chi connectivity index (χ3n) is 17.0. The highest BCUT2D eigenvalue weighted by atomic mass is 31.2. The molecular formula is C73H142O17P2. The first-order chi connectivity index (χ1) is 44.5. The molecule has 0 spiro atoms. The van der Waals surface area contributed by atoms with Crippen molar-refractivity contribution in [3.63, 3.8) is 0 Å². The van der Waals surface area contributed by atoms with Crippen LogP contribution in [0.15, 0.2) is 0 Å². The minimum Gasteiger partial charge on any atom is -0.462 e. The molecule has 19 heteroatoms. The normalized spacial score (nSPS) is 14.0. The molecule has 0 bridgehead atoms. The third kappa shape index (κ3) is 66.7. The van der Waals surface area contributed by atoms with E-state index in [1.165, 1.54) is 193 Å². The maximum atomic E-state index is 13.1. The maximum Gasteiger partial charge on any atom is 0.472 e. The Hall–Kier alpha value is -1.94. The summed E-state index contributed by atoms with van der Waals surface area (Å²) < 4.78 is 68.2. The van der Waals surface area contributed by atoms with Crippen LogP contribution >= 0.6 is 15.6 Å². The number of carbonyl (C=O) groups is 4. The fourth-order valence-corrected chi connectivity index (χ4v) is 12.8. The maximum absolute atomic E-state index is 13.1. The Bertz CT molecular complexity index is 1770. The van der Waals surface area contributed by atoms with E-state index in [-0.39, 0.29) is 25.7 Å². The summed E-state index contributed by atoms with van der Waals surface area (Å²) >= 11 is 0. The van der Waals surface area contributed by atoms with Crippen LogP contribution in [0, 0.1) is 5.92 Å². The second kappa shape index (κ2) is 66.3. The van der Waals surface area contributed by atoms with Gasteiger partial charge in [-0.1, -0.05) is 330 Å². The van der Waals surface area contributed by atoms with Gasteiger partial charge in [-0.15, -0.1) is 0 Å². The third-order valence-corrected chi connectivity index (χ3v) is 18.9. The molecule has 0 heterocycles. The smallest absolute Gasteiger partial charge is 0.462 e. The van der Waals surface area contributed by atoms with E-state index < -0.39 is 97.5 Å². The zero-order valence-electron chi connectivity index (χ0n) is 59.7. The molecule has 0 aromatic carbocycles. The molecule has 0 aliphatic heterocycles. The van der Waals surface area contributed by atoms with Crippen molar-refractivity contribution in [2.45, 2.75) is 400 Å². The largest absolute Gasteiger partial charge is 0.472 e. The molecule has 17 nitrogen and oxygen atoms in total. The highest BCUT2D eigenvalue weighted by molar-refractivity contribution is 7.47. The Balaban J connectivity index is 5.16. The molecular weight excluding hydrogens is 1210 g/mol. The van der Waals surface area contributed by atoms with Crippen LogP contribution in [0.4, 0.5) is 0 Å². The molecule has 0 rings (SSSR count). The molecule has 0 fully saturated rings. The van der Waals surface area contributed by atoms with Crippen LogP contribution in [-0.2, 0) is 65.4 Å². The van der Waals surface area contributed by atoms with E-state index in [0.29, 0.717) is 25.7 Å². The second-order valence-corrected chi connectivity index (χ2v) is 29.7. The van der Waals surface area contributed by atoms with Crippen LogP contribution < -0.4 is 0 Å². The van der Waals surface area contributed by atoms with Crippen LogP contribution in [0.5, 0.6) is 0 Å². The molecule has 2 unspecified atom stereocenters. The van der Waals surface area contributed by atoms with Crippen LogP contribution in [-0.4, -0.2) is 96.7 Å². The molecule has 5 atom stereocenters. The van der Waals surface area contributed by atoms with Gasteiger partial charge in [-0.05, 0) is 31.6 Å². The molecule has 92 heavy (non-hydrogen) atoms. The van der Waals surface area contributed by atoms with E-state index in [4.69, 9.17) is 37.0 Å². The summed E-state index contributed by atoms with van der Waals surface area (Å²) in [6.07, 6.45) is 54.3. The van der Waals surface area contributed by atoms with Gasteiger partial charge in [-0.25, -0.2) is 9.13 Å². The lowest BCUT2D eigenvalue weighted by atomic mass is 10.0. The topological polar surface area (TPSA) is 237 Å². The molecule has 546 valence electrons. The molecule has 0 saturated carbocycles. The van der Waals surface area contributed by atoms with Crippen LogP contribution in [0.25, 0.3) is 0 Å². The van der Waals surface area contributed by atoms with E-state index in [0.717, 1.165) is 109 Å². The summed E-state index contributed by atoms with van der Waals surface area (Å²) in [4.78, 5) is 72.5. The molecule has 3 N–H and O–H groups in total. The SMILES string of the molecule is CCCCCCCCCCCCCCCCCCCCCC(=O)O[C@H](COC(=O)CCCCCCCCCCCCCCCCC(C)C)COP(=O)(O)OC[C@@H](O)COP(=O)(O)OC[C@@H](COC(=O)CCCCCCCCCC)OC(=O)CCCCCCCCCC. The second-order valence-electron chi connectivity index (χ2n) is 26.8. The van der Waals surface area contributed by atoms with Gasteiger partial charge in [0.15, 0.2) is 12.2 Å². The molecule has 0 saturated heterocycles. The van der Waals surface area contributed by atoms with E-state index in [1.807, 2.05) is 0 Å². The number of hydrogen-bond donors (Lipinski definition) is 3. The van der Waals surface area contributed by atoms with E-state index in [9.17, 15) is 43.2 Å². The van der Waals surface area contributed by atoms with Gasteiger partial charge in [0.05, 0.1) is 26.4 Å². The Morgan fingerprint density at radius 2 is 0.500 bits per heavy atom. The van der Waals surface area contributed by atoms with Gasteiger partial charge >= 0.3 is 39.5 Å². The van der Waals surface area contributed by atoms with E-state index in [1.54, 1.807) is 0 Å². The van der Waals surface area contributed by atoms with E-state index in [2.05, 4.69) is 34.6 Å². The van der Waals surface area contributed by atoms with Gasteiger partial charge in [0.25, 0.3) is 0 Å². The van der Waals surface area contributed by atoms with Gasteiger partial charge in [-0.2, -0.15) is 0 Å². The zero-order chi connectivity index (χ0) is 67.7. The average Bonchev–Trinajstić information content (AvgIpc) is 1.78. The van der Waals surface area contributed by atoms with Crippen molar-refractivity contribution in [3.05, 3.63) is 0 Å². The van der Waals surface area contributed by atoms with Crippen molar-refractivity contribution in [2.24, 2.45) is 5.92 Å². The Morgan fingerprint density at radius 3 is 0.739 bits per heavy atom. The van der Waals surface area contributed by atoms with Gasteiger partial charge in [0, 0.05) is 25.7 Å². The molecule has 0 radical (unpaired) electrons.